The highest BCUT2D eigenvalue weighted by atomic mass is 19.1. The first-order chi connectivity index (χ1) is 3.88. The van der Waals surface area contributed by atoms with Crippen LogP contribution in [0.2, 0.25) is 0 Å². The van der Waals surface area contributed by atoms with Crippen molar-refractivity contribution in [3.05, 3.63) is 24.0 Å². The van der Waals surface area contributed by atoms with E-state index in [1.807, 2.05) is 0 Å². The number of halogens is 1. The van der Waals surface area contributed by atoms with Crippen molar-refractivity contribution in [1.82, 2.24) is 0 Å². The largest absolute Gasteiger partial charge is 0.451 e. The monoisotopic (exact) mass is 110 g/mol. The minimum atomic E-state index is -0.215. The van der Waals surface area contributed by atoms with Gasteiger partial charge < -0.3 is 4.74 Å². The zero-order valence-electron chi connectivity index (χ0n) is 4.02. The Balaban J connectivity index is 2.75. The SMILES string of the molecule is Fc1c2cccc1O2. The molecule has 1 nitrogen and oxygen atoms in total. The highest BCUT2D eigenvalue weighted by molar-refractivity contribution is 5.46. The molecule has 0 aliphatic carbocycles. The predicted molar refractivity (Wildman–Crippen MR) is 26.5 cm³/mol. The molecule has 0 unspecified atom stereocenters. The summed E-state index contributed by atoms with van der Waals surface area (Å²) in [4.78, 5) is 0. The van der Waals surface area contributed by atoms with E-state index < -0.39 is 0 Å². The molecule has 3 rings (SSSR count). The fourth-order valence-corrected chi connectivity index (χ4v) is 0.720. The molecule has 8 heavy (non-hydrogen) atoms. The molecule has 0 fully saturated rings. The van der Waals surface area contributed by atoms with Gasteiger partial charge in [0.2, 0.25) is 5.82 Å². The van der Waals surface area contributed by atoms with Crippen LogP contribution in [0.1, 0.15) is 0 Å². The van der Waals surface area contributed by atoms with E-state index in [1.54, 1.807) is 18.2 Å². The van der Waals surface area contributed by atoms with Crippen LogP contribution >= 0.6 is 0 Å². The second-order valence-electron chi connectivity index (χ2n) is 1.67. The third-order valence-electron chi connectivity index (χ3n) is 1.15. The van der Waals surface area contributed by atoms with Crippen LogP contribution in [0.3, 0.4) is 0 Å². The Morgan fingerprint density at radius 1 is 1.25 bits per heavy atom. The summed E-state index contributed by atoms with van der Waals surface area (Å²) >= 11 is 0. The number of hydrogen-bond donors (Lipinski definition) is 0. The van der Waals surface area contributed by atoms with Gasteiger partial charge in [0.05, 0.1) is 0 Å². The summed E-state index contributed by atoms with van der Waals surface area (Å²) < 4.78 is 17.0. The quantitative estimate of drug-likeness (QED) is 0.503. The lowest BCUT2D eigenvalue weighted by Gasteiger charge is -2.16. The number of benzene rings is 1. The summed E-state index contributed by atoms with van der Waals surface area (Å²) in [5.41, 5.74) is 0. The van der Waals surface area contributed by atoms with Gasteiger partial charge in [0.15, 0.2) is 11.5 Å². The number of rotatable bonds is 0. The van der Waals surface area contributed by atoms with Crippen molar-refractivity contribution in [2.45, 2.75) is 0 Å². The Labute approximate surface area is 45.7 Å². The second kappa shape index (κ2) is 1.02. The molecule has 2 bridgehead atoms. The fraction of sp³-hybridized carbons (Fsp3) is 0. The van der Waals surface area contributed by atoms with Crippen molar-refractivity contribution in [3.63, 3.8) is 0 Å². The fourth-order valence-electron chi connectivity index (χ4n) is 0.720. The average molecular weight is 110 g/mol. The van der Waals surface area contributed by atoms with E-state index in [0.29, 0.717) is 11.5 Å². The molecule has 0 saturated heterocycles. The van der Waals surface area contributed by atoms with Gasteiger partial charge in [0.25, 0.3) is 0 Å². The lowest BCUT2D eigenvalue weighted by molar-refractivity contribution is 0.350. The van der Waals surface area contributed by atoms with Gasteiger partial charge in [-0.15, -0.1) is 0 Å². The molecule has 1 aromatic carbocycles. The summed E-state index contributed by atoms with van der Waals surface area (Å²) in [6, 6.07) is 4.96. The first kappa shape index (κ1) is 3.89. The van der Waals surface area contributed by atoms with Crippen molar-refractivity contribution < 1.29 is 9.13 Å². The molecule has 2 heterocycles. The number of ether oxygens (including phenoxy) is 1. The van der Waals surface area contributed by atoms with E-state index in [9.17, 15) is 4.39 Å². The van der Waals surface area contributed by atoms with E-state index >= 15 is 0 Å². The van der Waals surface area contributed by atoms with E-state index in [0.717, 1.165) is 0 Å². The highest BCUT2D eigenvalue weighted by Crippen LogP contribution is 2.38. The third-order valence-corrected chi connectivity index (χ3v) is 1.15. The summed E-state index contributed by atoms with van der Waals surface area (Å²) in [6.07, 6.45) is 0. The second-order valence-corrected chi connectivity index (χ2v) is 1.67. The molecule has 40 valence electrons. The lowest BCUT2D eigenvalue weighted by atomic mass is 10.2. The Hall–Kier alpha value is -1.05. The van der Waals surface area contributed by atoms with Crippen molar-refractivity contribution in [2.75, 3.05) is 0 Å². The molecule has 0 aromatic heterocycles. The molecule has 2 heteroatoms. The van der Waals surface area contributed by atoms with Gasteiger partial charge in [0.1, 0.15) is 0 Å². The van der Waals surface area contributed by atoms with Gasteiger partial charge >= 0.3 is 0 Å². The molecule has 2 aliphatic rings. The lowest BCUT2D eigenvalue weighted by Crippen LogP contribution is -2.00. The van der Waals surface area contributed by atoms with Gasteiger partial charge in [-0.05, 0) is 12.1 Å². The van der Waals surface area contributed by atoms with Crippen molar-refractivity contribution in [3.8, 4) is 11.5 Å². The first-order valence-corrected chi connectivity index (χ1v) is 2.34. The smallest absolute Gasteiger partial charge is 0.208 e. The van der Waals surface area contributed by atoms with Crippen molar-refractivity contribution in [2.24, 2.45) is 0 Å². The molecule has 0 radical (unpaired) electrons. The first-order valence-electron chi connectivity index (χ1n) is 2.34. The van der Waals surface area contributed by atoms with Crippen LogP contribution in [0.15, 0.2) is 18.2 Å². The standard InChI is InChI=1S/C6H3FO/c7-6-4-2-1-3-5(6)8-4/h1-3H. The van der Waals surface area contributed by atoms with E-state index in [1.165, 1.54) is 0 Å². The van der Waals surface area contributed by atoms with Crippen LogP contribution in [0.4, 0.5) is 4.39 Å². The van der Waals surface area contributed by atoms with Crippen LogP contribution in [-0.4, -0.2) is 0 Å². The Morgan fingerprint density at radius 2 is 1.88 bits per heavy atom. The Morgan fingerprint density at radius 3 is 2.12 bits per heavy atom. The number of fused-ring (bicyclic) bond motifs is 2. The zero-order chi connectivity index (χ0) is 5.56. The molecule has 0 amide bonds. The summed E-state index contributed by atoms with van der Waals surface area (Å²) in [7, 11) is 0. The van der Waals surface area contributed by atoms with Crippen molar-refractivity contribution >= 4 is 0 Å². The maximum absolute atomic E-state index is 12.3. The third kappa shape index (κ3) is 0.269. The van der Waals surface area contributed by atoms with E-state index in [2.05, 4.69) is 0 Å². The molecule has 2 aliphatic heterocycles. The van der Waals surface area contributed by atoms with E-state index in [-0.39, 0.29) is 5.82 Å². The molecule has 1 aromatic rings. The molecule has 0 saturated carbocycles. The van der Waals surface area contributed by atoms with Crippen molar-refractivity contribution in [1.29, 1.82) is 0 Å². The topological polar surface area (TPSA) is 9.23 Å². The highest BCUT2D eigenvalue weighted by Gasteiger charge is 2.19. The van der Waals surface area contributed by atoms with Gasteiger partial charge in [-0.1, -0.05) is 6.07 Å². The number of hydrogen-bond acceptors (Lipinski definition) is 1. The van der Waals surface area contributed by atoms with Crippen LogP contribution in [0.25, 0.3) is 0 Å². The maximum Gasteiger partial charge on any atom is 0.208 e. The summed E-state index contributed by atoms with van der Waals surface area (Å²) in [6.45, 7) is 0. The van der Waals surface area contributed by atoms with Gasteiger partial charge in [-0.3, -0.25) is 0 Å². The zero-order valence-corrected chi connectivity index (χ0v) is 4.02. The van der Waals surface area contributed by atoms with Crippen LogP contribution in [0.5, 0.6) is 11.5 Å². The molecule has 0 atom stereocenters. The average Bonchev–Trinajstić information content (AvgIpc) is 1.89. The van der Waals surface area contributed by atoms with Gasteiger partial charge in [-0.2, -0.15) is 4.39 Å². The normalized spacial score (nSPS) is 12.1. The van der Waals surface area contributed by atoms with Gasteiger partial charge in [0, 0.05) is 0 Å². The minimum Gasteiger partial charge on any atom is -0.451 e. The minimum absolute atomic E-state index is 0.215. The molecule has 0 N–H and O–H groups in total. The molecule has 0 spiro atoms. The van der Waals surface area contributed by atoms with Crippen LogP contribution < -0.4 is 4.74 Å². The van der Waals surface area contributed by atoms with Crippen LogP contribution in [0, 0.1) is 5.82 Å². The maximum atomic E-state index is 12.3. The predicted octanol–water partition coefficient (Wildman–Crippen LogP) is 1.93. The summed E-state index contributed by atoms with van der Waals surface area (Å²) in [5.74, 6) is 0.512. The Kier molecular flexibility index (Phi) is 0.497. The van der Waals surface area contributed by atoms with E-state index in [4.69, 9.17) is 4.74 Å². The molecular weight excluding hydrogens is 107 g/mol. The molecular formula is C6H3FO. The summed E-state index contributed by atoms with van der Waals surface area (Å²) in [5, 5.41) is 0. The van der Waals surface area contributed by atoms with Gasteiger partial charge in [-0.25, -0.2) is 0 Å². The van der Waals surface area contributed by atoms with Crippen LogP contribution in [-0.2, 0) is 0 Å². The Bertz CT molecular complexity index is 212.